The highest BCUT2D eigenvalue weighted by Crippen LogP contribution is 2.19. The number of hydrogen-bond donors (Lipinski definition) is 3. The summed E-state index contributed by atoms with van der Waals surface area (Å²) < 4.78 is 5.02. The Bertz CT molecular complexity index is 446. The zero-order valence-corrected chi connectivity index (χ0v) is 10.4. The van der Waals surface area contributed by atoms with Crippen LogP contribution in [0.3, 0.4) is 0 Å². The molecular weight excluding hydrogens is 234 g/mol. The molecule has 0 spiro atoms. The number of anilines is 1. The van der Waals surface area contributed by atoms with Crippen molar-refractivity contribution in [2.45, 2.75) is 6.92 Å². The lowest BCUT2D eigenvalue weighted by Gasteiger charge is -2.09. The average molecular weight is 251 g/mol. The van der Waals surface area contributed by atoms with E-state index in [4.69, 9.17) is 10.5 Å². The Morgan fingerprint density at radius 2 is 1.94 bits per heavy atom. The van der Waals surface area contributed by atoms with E-state index in [1.165, 1.54) is 14.0 Å². The van der Waals surface area contributed by atoms with E-state index in [2.05, 4.69) is 10.6 Å². The molecule has 0 radical (unpaired) electrons. The Labute approximate surface area is 105 Å². The Morgan fingerprint density at radius 3 is 2.56 bits per heavy atom. The molecule has 0 saturated heterocycles. The normalized spacial score (nSPS) is 9.67. The highest BCUT2D eigenvalue weighted by Gasteiger charge is 2.10. The van der Waals surface area contributed by atoms with Crippen LogP contribution in [-0.4, -0.2) is 32.0 Å². The van der Waals surface area contributed by atoms with Crippen molar-refractivity contribution in [3.63, 3.8) is 0 Å². The standard InChI is InChI=1S/C12H17N3O3/c1-8(16)14-5-6-15-12(17)10-7-9(18-2)3-4-11(10)13/h3-4,7H,5-6,13H2,1-2H3,(H,14,16)(H,15,17). The largest absolute Gasteiger partial charge is 0.497 e. The third-order valence-electron chi connectivity index (χ3n) is 2.29. The Kier molecular flexibility index (Phi) is 4.98. The highest BCUT2D eigenvalue weighted by atomic mass is 16.5. The first-order valence-electron chi connectivity index (χ1n) is 5.50. The molecule has 0 atom stereocenters. The number of carbonyl (C=O) groups is 2. The van der Waals surface area contributed by atoms with Crippen LogP contribution in [-0.2, 0) is 4.79 Å². The third-order valence-corrected chi connectivity index (χ3v) is 2.29. The summed E-state index contributed by atoms with van der Waals surface area (Å²) in [5.74, 6) is 0.137. The number of nitrogen functional groups attached to an aromatic ring is 1. The van der Waals surface area contributed by atoms with Gasteiger partial charge in [0.15, 0.2) is 0 Å². The predicted octanol–water partition coefficient (Wildman–Crippen LogP) is 0.143. The molecule has 0 saturated carbocycles. The summed E-state index contributed by atoms with van der Waals surface area (Å²) in [5, 5.41) is 5.24. The van der Waals surface area contributed by atoms with E-state index in [9.17, 15) is 9.59 Å². The summed E-state index contributed by atoms with van der Waals surface area (Å²) in [6.45, 7) is 2.14. The SMILES string of the molecule is COc1ccc(N)c(C(=O)NCCNC(C)=O)c1. The maximum absolute atomic E-state index is 11.8. The first-order valence-corrected chi connectivity index (χ1v) is 5.50. The molecule has 0 aliphatic heterocycles. The fourth-order valence-corrected chi connectivity index (χ4v) is 1.37. The summed E-state index contributed by atoms with van der Waals surface area (Å²) in [6, 6.07) is 4.87. The predicted molar refractivity (Wildman–Crippen MR) is 68.4 cm³/mol. The molecule has 0 bridgehead atoms. The van der Waals surface area contributed by atoms with Gasteiger partial charge in [0, 0.05) is 25.7 Å². The molecule has 2 amide bonds. The van der Waals surface area contributed by atoms with Crippen LogP contribution in [0.4, 0.5) is 5.69 Å². The minimum atomic E-state index is -0.295. The molecule has 6 nitrogen and oxygen atoms in total. The fraction of sp³-hybridized carbons (Fsp3) is 0.333. The number of carbonyl (C=O) groups excluding carboxylic acids is 2. The Morgan fingerprint density at radius 1 is 1.28 bits per heavy atom. The first kappa shape index (κ1) is 13.8. The molecule has 6 heteroatoms. The van der Waals surface area contributed by atoms with E-state index >= 15 is 0 Å². The van der Waals surface area contributed by atoms with Crippen LogP contribution < -0.4 is 21.1 Å². The zero-order valence-electron chi connectivity index (χ0n) is 10.4. The van der Waals surface area contributed by atoms with Crippen LogP contribution in [0.2, 0.25) is 0 Å². The summed E-state index contributed by atoms with van der Waals surface area (Å²) in [5.41, 5.74) is 6.45. The van der Waals surface area contributed by atoms with Gasteiger partial charge < -0.3 is 21.1 Å². The third kappa shape index (κ3) is 3.97. The van der Waals surface area contributed by atoms with Crippen LogP contribution in [0.1, 0.15) is 17.3 Å². The maximum Gasteiger partial charge on any atom is 0.253 e. The highest BCUT2D eigenvalue weighted by molar-refractivity contribution is 5.99. The monoisotopic (exact) mass is 251 g/mol. The van der Waals surface area contributed by atoms with E-state index in [-0.39, 0.29) is 11.8 Å². The molecule has 18 heavy (non-hydrogen) atoms. The van der Waals surface area contributed by atoms with Crippen molar-refractivity contribution in [2.24, 2.45) is 0 Å². The van der Waals surface area contributed by atoms with Gasteiger partial charge in [0.05, 0.1) is 12.7 Å². The van der Waals surface area contributed by atoms with Gasteiger partial charge in [-0.05, 0) is 18.2 Å². The molecule has 0 aromatic heterocycles. The number of rotatable bonds is 5. The van der Waals surface area contributed by atoms with Gasteiger partial charge in [0.2, 0.25) is 5.91 Å². The van der Waals surface area contributed by atoms with Crippen molar-refractivity contribution < 1.29 is 14.3 Å². The quantitative estimate of drug-likeness (QED) is 0.512. The van der Waals surface area contributed by atoms with Gasteiger partial charge in [-0.3, -0.25) is 9.59 Å². The van der Waals surface area contributed by atoms with Crippen LogP contribution in [0.15, 0.2) is 18.2 Å². The van der Waals surface area contributed by atoms with Gasteiger partial charge >= 0.3 is 0 Å². The maximum atomic E-state index is 11.8. The fourth-order valence-electron chi connectivity index (χ4n) is 1.37. The molecule has 1 rings (SSSR count). The van der Waals surface area contributed by atoms with Crippen LogP contribution in [0.5, 0.6) is 5.75 Å². The number of amides is 2. The summed E-state index contributed by atoms with van der Waals surface area (Å²) in [7, 11) is 1.52. The van der Waals surface area contributed by atoms with E-state index < -0.39 is 0 Å². The van der Waals surface area contributed by atoms with Crippen LogP contribution in [0, 0.1) is 0 Å². The van der Waals surface area contributed by atoms with Gasteiger partial charge in [-0.2, -0.15) is 0 Å². The smallest absolute Gasteiger partial charge is 0.253 e. The van der Waals surface area contributed by atoms with E-state index in [0.29, 0.717) is 30.1 Å². The Balaban J connectivity index is 2.58. The molecular formula is C12H17N3O3. The molecule has 0 heterocycles. The number of ether oxygens (including phenoxy) is 1. The molecule has 1 aromatic rings. The molecule has 4 N–H and O–H groups in total. The molecule has 0 aliphatic rings. The van der Waals surface area contributed by atoms with Crippen molar-refractivity contribution in [2.75, 3.05) is 25.9 Å². The van der Waals surface area contributed by atoms with Gasteiger partial charge in [-0.25, -0.2) is 0 Å². The summed E-state index contributed by atoms with van der Waals surface area (Å²) >= 11 is 0. The van der Waals surface area contributed by atoms with Crippen molar-refractivity contribution in [3.05, 3.63) is 23.8 Å². The second-order valence-corrected chi connectivity index (χ2v) is 3.69. The first-order chi connectivity index (χ1) is 8.54. The number of benzene rings is 1. The minimum Gasteiger partial charge on any atom is -0.497 e. The van der Waals surface area contributed by atoms with E-state index in [0.717, 1.165) is 0 Å². The van der Waals surface area contributed by atoms with Crippen molar-refractivity contribution in [1.82, 2.24) is 10.6 Å². The van der Waals surface area contributed by atoms with Gasteiger partial charge in [0.25, 0.3) is 5.91 Å². The van der Waals surface area contributed by atoms with Crippen LogP contribution in [0.25, 0.3) is 0 Å². The number of nitrogens with two attached hydrogens (primary N) is 1. The zero-order chi connectivity index (χ0) is 13.5. The topological polar surface area (TPSA) is 93.4 Å². The lowest BCUT2D eigenvalue weighted by molar-refractivity contribution is -0.118. The molecule has 0 aliphatic carbocycles. The number of nitrogens with one attached hydrogen (secondary N) is 2. The summed E-state index contributed by atoms with van der Waals surface area (Å²) in [6.07, 6.45) is 0. The van der Waals surface area contributed by atoms with Crippen molar-refractivity contribution in [3.8, 4) is 5.75 Å². The van der Waals surface area contributed by atoms with Crippen molar-refractivity contribution in [1.29, 1.82) is 0 Å². The van der Waals surface area contributed by atoms with Gasteiger partial charge in [-0.1, -0.05) is 0 Å². The second-order valence-electron chi connectivity index (χ2n) is 3.69. The van der Waals surface area contributed by atoms with E-state index in [1.807, 2.05) is 0 Å². The summed E-state index contributed by atoms with van der Waals surface area (Å²) in [4.78, 5) is 22.5. The molecule has 0 fully saturated rings. The van der Waals surface area contributed by atoms with Crippen molar-refractivity contribution >= 4 is 17.5 Å². The number of hydrogen-bond acceptors (Lipinski definition) is 4. The van der Waals surface area contributed by atoms with Gasteiger partial charge in [0.1, 0.15) is 5.75 Å². The Hall–Kier alpha value is -2.24. The average Bonchev–Trinajstić information content (AvgIpc) is 2.34. The van der Waals surface area contributed by atoms with Crippen LogP contribution >= 0.6 is 0 Å². The number of methoxy groups -OCH3 is 1. The minimum absolute atomic E-state index is 0.134. The lowest BCUT2D eigenvalue weighted by atomic mass is 10.1. The molecule has 98 valence electrons. The van der Waals surface area contributed by atoms with Gasteiger partial charge in [-0.15, -0.1) is 0 Å². The molecule has 0 unspecified atom stereocenters. The van der Waals surface area contributed by atoms with E-state index in [1.54, 1.807) is 18.2 Å². The lowest BCUT2D eigenvalue weighted by Crippen LogP contribution is -2.33. The second kappa shape index (κ2) is 6.48. The molecule has 1 aromatic carbocycles.